The maximum atomic E-state index is 5.97. The van der Waals surface area contributed by atoms with Crippen LogP contribution in [0, 0.1) is 0 Å². The first-order valence-electron chi connectivity index (χ1n) is 4.34. The summed E-state index contributed by atoms with van der Waals surface area (Å²) in [4.78, 5) is 4.33. The van der Waals surface area contributed by atoms with Crippen molar-refractivity contribution in [1.82, 2.24) is 4.98 Å². The third-order valence-corrected chi connectivity index (χ3v) is 2.35. The van der Waals surface area contributed by atoms with E-state index in [0.717, 1.165) is 22.3 Å². The second kappa shape index (κ2) is 3.35. The van der Waals surface area contributed by atoms with E-state index < -0.39 is 0 Å². The largest absolute Gasteiger partial charge is 0.256 e. The van der Waals surface area contributed by atoms with Crippen LogP contribution in [-0.4, -0.2) is 4.98 Å². The molecule has 0 bridgehead atoms. The topological polar surface area (TPSA) is 12.9 Å². The quantitative estimate of drug-likeness (QED) is 0.673. The van der Waals surface area contributed by atoms with Gasteiger partial charge in [0.1, 0.15) is 0 Å². The number of hydrogen-bond donors (Lipinski definition) is 0. The number of nitrogens with zero attached hydrogens (tertiary/aromatic N) is 1. The van der Waals surface area contributed by atoms with Crippen molar-refractivity contribution in [3.8, 4) is 0 Å². The van der Waals surface area contributed by atoms with Crippen LogP contribution >= 0.6 is 11.6 Å². The first kappa shape index (κ1) is 8.52. The Morgan fingerprint density at radius 2 is 2.23 bits per heavy atom. The molecule has 1 aromatic heterocycles. The Morgan fingerprint density at radius 3 is 3.00 bits per heavy atom. The number of pyridine rings is 1. The van der Waals surface area contributed by atoms with Crippen molar-refractivity contribution in [2.75, 3.05) is 0 Å². The van der Waals surface area contributed by atoms with Gasteiger partial charge < -0.3 is 0 Å². The van der Waals surface area contributed by atoms with Crippen LogP contribution in [0.25, 0.3) is 10.9 Å². The lowest BCUT2D eigenvalue weighted by molar-refractivity contribution is 1.14. The van der Waals surface area contributed by atoms with Crippen LogP contribution in [0.3, 0.4) is 0 Å². The van der Waals surface area contributed by atoms with Gasteiger partial charge in [0.15, 0.2) is 0 Å². The third-order valence-electron chi connectivity index (χ3n) is 2.13. The van der Waals surface area contributed by atoms with E-state index in [-0.39, 0.29) is 0 Å². The SMILES string of the molecule is CCc1cc(Cl)cc2cccnc12. The van der Waals surface area contributed by atoms with Gasteiger partial charge in [0.05, 0.1) is 5.52 Å². The summed E-state index contributed by atoms with van der Waals surface area (Å²) in [6.07, 6.45) is 2.78. The summed E-state index contributed by atoms with van der Waals surface area (Å²) in [5.74, 6) is 0. The molecule has 0 fully saturated rings. The summed E-state index contributed by atoms with van der Waals surface area (Å²) in [5.41, 5.74) is 2.28. The molecule has 1 heterocycles. The molecular formula is C11H10ClN. The van der Waals surface area contributed by atoms with Gasteiger partial charge in [-0.3, -0.25) is 4.98 Å². The van der Waals surface area contributed by atoms with Crippen molar-refractivity contribution in [2.45, 2.75) is 13.3 Å². The fourth-order valence-electron chi connectivity index (χ4n) is 1.50. The van der Waals surface area contributed by atoms with Crippen molar-refractivity contribution < 1.29 is 0 Å². The van der Waals surface area contributed by atoms with Crippen molar-refractivity contribution in [1.29, 1.82) is 0 Å². The molecule has 2 rings (SSSR count). The van der Waals surface area contributed by atoms with Gasteiger partial charge in [-0.15, -0.1) is 0 Å². The fraction of sp³-hybridized carbons (Fsp3) is 0.182. The normalized spacial score (nSPS) is 10.6. The maximum Gasteiger partial charge on any atom is 0.0734 e. The molecule has 1 nitrogen and oxygen atoms in total. The average molecular weight is 192 g/mol. The Bertz CT molecular complexity index is 437. The van der Waals surface area contributed by atoms with E-state index in [9.17, 15) is 0 Å². The summed E-state index contributed by atoms with van der Waals surface area (Å²) in [6.45, 7) is 2.11. The van der Waals surface area contributed by atoms with E-state index in [1.807, 2.05) is 30.5 Å². The summed E-state index contributed by atoms with van der Waals surface area (Å²) in [6, 6.07) is 7.89. The molecular weight excluding hydrogens is 182 g/mol. The molecule has 0 aliphatic carbocycles. The first-order valence-corrected chi connectivity index (χ1v) is 4.72. The number of rotatable bonds is 1. The standard InChI is InChI=1S/C11H10ClN/c1-2-8-6-10(12)7-9-4-3-5-13-11(8)9/h3-7H,2H2,1H3. The molecule has 66 valence electrons. The molecule has 1 aromatic carbocycles. The molecule has 0 atom stereocenters. The van der Waals surface area contributed by atoms with E-state index in [0.29, 0.717) is 0 Å². The molecule has 2 aromatic rings. The van der Waals surface area contributed by atoms with Crippen molar-refractivity contribution >= 4 is 22.5 Å². The van der Waals surface area contributed by atoms with Crippen LogP contribution in [0.2, 0.25) is 5.02 Å². The van der Waals surface area contributed by atoms with Gasteiger partial charge in [-0.1, -0.05) is 24.6 Å². The third kappa shape index (κ3) is 1.52. The average Bonchev–Trinajstić information content (AvgIpc) is 2.16. The molecule has 0 radical (unpaired) electrons. The molecule has 0 aliphatic rings. The zero-order chi connectivity index (χ0) is 9.26. The number of aryl methyl sites for hydroxylation is 1. The Kier molecular flexibility index (Phi) is 2.19. The van der Waals surface area contributed by atoms with Crippen LogP contribution in [0.4, 0.5) is 0 Å². The number of hydrogen-bond acceptors (Lipinski definition) is 1. The maximum absolute atomic E-state index is 5.97. The highest BCUT2D eigenvalue weighted by atomic mass is 35.5. The molecule has 0 saturated carbocycles. The van der Waals surface area contributed by atoms with E-state index >= 15 is 0 Å². The smallest absolute Gasteiger partial charge is 0.0734 e. The van der Waals surface area contributed by atoms with Crippen molar-refractivity contribution in [2.24, 2.45) is 0 Å². The van der Waals surface area contributed by atoms with Gasteiger partial charge in [-0.25, -0.2) is 0 Å². The summed E-state index contributed by atoms with van der Waals surface area (Å²) in [7, 11) is 0. The molecule has 2 heteroatoms. The highest BCUT2D eigenvalue weighted by Gasteiger charge is 2.01. The van der Waals surface area contributed by atoms with Gasteiger partial charge in [0.25, 0.3) is 0 Å². The van der Waals surface area contributed by atoms with Gasteiger partial charge in [-0.2, -0.15) is 0 Å². The van der Waals surface area contributed by atoms with Gasteiger partial charge >= 0.3 is 0 Å². The minimum Gasteiger partial charge on any atom is -0.256 e. The molecule has 0 amide bonds. The van der Waals surface area contributed by atoms with E-state index in [2.05, 4.69) is 11.9 Å². The molecule has 0 saturated heterocycles. The zero-order valence-electron chi connectivity index (χ0n) is 7.42. The lowest BCUT2D eigenvalue weighted by atomic mass is 10.1. The van der Waals surface area contributed by atoms with Crippen LogP contribution in [0.15, 0.2) is 30.5 Å². The molecule has 0 aliphatic heterocycles. The minimum absolute atomic E-state index is 0.789. The van der Waals surface area contributed by atoms with Gasteiger partial charge in [-0.05, 0) is 30.2 Å². The van der Waals surface area contributed by atoms with Crippen LogP contribution in [-0.2, 0) is 6.42 Å². The van der Waals surface area contributed by atoms with Gasteiger partial charge in [0, 0.05) is 16.6 Å². The first-order chi connectivity index (χ1) is 6.31. The summed E-state index contributed by atoms with van der Waals surface area (Å²) >= 11 is 5.97. The number of halogens is 1. The molecule has 0 spiro atoms. The lowest BCUT2D eigenvalue weighted by Crippen LogP contribution is -1.86. The van der Waals surface area contributed by atoms with Crippen molar-refractivity contribution in [3.63, 3.8) is 0 Å². The van der Waals surface area contributed by atoms with Crippen LogP contribution < -0.4 is 0 Å². The van der Waals surface area contributed by atoms with Crippen molar-refractivity contribution in [3.05, 3.63) is 41.0 Å². The second-order valence-corrected chi connectivity index (χ2v) is 3.43. The van der Waals surface area contributed by atoms with Gasteiger partial charge in [0.2, 0.25) is 0 Å². The van der Waals surface area contributed by atoms with E-state index in [1.54, 1.807) is 0 Å². The zero-order valence-corrected chi connectivity index (χ0v) is 8.17. The monoisotopic (exact) mass is 191 g/mol. The Morgan fingerprint density at radius 1 is 1.38 bits per heavy atom. The predicted octanol–water partition coefficient (Wildman–Crippen LogP) is 3.45. The summed E-state index contributed by atoms with van der Waals surface area (Å²) < 4.78 is 0. The molecule has 13 heavy (non-hydrogen) atoms. The van der Waals surface area contributed by atoms with Crippen LogP contribution in [0.1, 0.15) is 12.5 Å². The lowest BCUT2D eigenvalue weighted by Gasteiger charge is -2.03. The number of aromatic nitrogens is 1. The highest BCUT2D eigenvalue weighted by molar-refractivity contribution is 6.31. The second-order valence-electron chi connectivity index (χ2n) is 2.99. The highest BCUT2D eigenvalue weighted by Crippen LogP contribution is 2.22. The Hall–Kier alpha value is -1.08. The predicted molar refractivity (Wildman–Crippen MR) is 56.1 cm³/mol. The minimum atomic E-state index is 0.789. The molecule has 0 unspecified atom stereocenters. The fourth-order valence-corrected chi connectivity index (χ4v) is 1.75. The number of benzene rings is 1. The van der Waals surface area contributed by atoms with Crippen LogP contribution in [0.5, 0.6) is 0 Å². The van der Waals surface area contributed by atoms with E-state index in [4.69, 9.17) is 11.6 Å². The Labute approximate surface area is 82.4 Å². The summed E-state index contributed by atoms with van der Waals surface area (Å²) in [5, 5.41) is 1.91. The van der Waals surface area contributed by atoms with E-state index in [1.165, 1.54) is 5.56 Å². The number of fused-ring (bicyclic) bond motifs is 1. The Balaban J connectivity index is 2.81. The molecule has 0 N–H and O–H groups in total.